The van der Waals surface area contributed by atoms with E-state index < -0.39 is 6.10 Å². The highest BCUT2D eigenvalue weighted by Crippen LogP contribution is 2.16. The first-order valence-electron chi connectivity index (χ1n) is 25.3. The Kier molecular flexibility index (Phi) is 46.4. The van der Waals surface area contributed by atoms with Crippen LogP contribution in [-0.2, 0) is 28.6 Å². The van der Waals surface area contributed by atoms with Crippen LogP contribution in [0, 0.1) is 0 Å². The second kappa shape index (κ2) is 48.8. The fraction of sp³-hybridized carbons (Fsp3) is 0.759. The van der Waals surface area contributed by atoms with Gasteiger partial charge in [-0.3, -0.25) is 14.4 Å². The molecule has 6 nitrogen and oxygen atoms in total. The molecule has 346 valence electrons. The van der Waals surface area contributed by atoms with Gasteiger partial charge in [-0.05, 0) is 57.8 Å². The highest BCUT2D eigenvalue weighted by atomic mass is 16.6. The van der Waals surface area contributed by atoms with Gasteiger partial charge < -0.3 is 14.2 Å². The van der Waals surface area contributed by atoms with Crippen molar-refractivity contribution < 1.29 is 28.6 Å². The highest BCUT2D eigenvalue weighted by Gasteiger charge is 2.19. The Morgan fingerprint density at radius 3 is 1.08 bits per heavy atom. The lowest BCUT2D eigenvalue weighted by Gasteiger charge is -2.18. The highest BCUT2D eigenvalue weighted by molar-refractivity contribution is 5.71. The van der Waals surface area contributed by atoms with Crippen LogP contribution in [0.15, 0.2) is 60.8 Å². The molecule has 60 heavy (non-hydrogen) atoms. The average molecular weight is 839 g/mol. The standard InChI is InChI=1S/C54H94O6/c1-4-7-10-13-16-19-22-24-25-26-27-28-30-32-35-38-41-44-47-53(56)59-50-51(49-58-52(55)46-43-40-37-34-31-21-18-15-12-9-6-3)60-54(57)48-45-42-39-36-33-29-23-20-17-14-11-8-5-2/h8,11,14-15,17-18,20-21,23,31,51H,4-7,9-10,12-13,16,19,22,24-30,32-50H2,1-3H3/b11-8-,17-14-,18-15-,23-20-,31-21-. The van der Waals surface area contributed by atoms with Crippen LogP contribution in [0.3, 0.4) is 0 Å². The molecule has 0 aliphatic heterocycles. The Labute approximate surface area is 370 Å². The summed E-state index contributed by atoms with van der Waals surface area (Å²) in [5.74, 6) is -0.936. The molecule has 0 saturated heterocycles. The molecule has 1 atom stereocenters. The van der Waals surface area contributed by atoms with E-state index in [4.69, 9.17) is 14.2 Å². The van der Waals surface area contributed by atoms with E-state index in [0.717, 1.165) is 96.3 Å². The Morgan fingerprint density at radius 2 is 0.667 bits per heavy atom. The van der Waals surface area contributed by atoms with Crippen LogP contribution in [0.4, 0.5) is 0 Å². The molecule has 0 rings (SSSR count). The first-order valence-corrected chi connectivity index (χ1v) is 25.3. The topological polar surface area (TPSA) is 78.9 Å². The Morgan fingerprint density at radius 1 is 0.350 bits per heavy atom. The summed E-state index contributed by atoms with van der Waals surface area (Å²) in [6.07, 6.45) is 59.3. The Bertz CT molecular complexity index is 1100. The molecular formula is C54H94O6. The lowest BCUT2D eigenvalue weighted by molar-refractivity contribution is -0.167. The number of hydrogen-bond acceptors (Lipinski definition) is 6. The van der Waals surface area contributed by atoms with Crippen molar-refractivity contribution in [1.29, 1.82) is 0 Å². The van der Waals surface area contributed by atoms with E-state index in [9.17, 15) is 14.4 Å². The van der Waals surface area contributed by atoms with Crippen molar-refractivity contribution in [2.45, 2.75) is 252 Å². The summed E-state index contributed by atoms with van der Waals surface area (Å²) < 4.78 is 16.7. The van der Waals surface area contributed by atoms with E-state index in [1.165, 1.54) is 109 Å². The van der Waals surface area contributed by atoms with Crippen LogP contribution >= 0.6 is 0 Å². The molecule has 0 N–H and O–H groups in total. The van der Waals surface area contributed by atoms with E-state index >= 15 is 0 Å². The Hall–Kier alpha value is -2.89. The fourth-order valence-electron chi connectivity index (χ4n) is 7.01. The number of unbranched alkanes of at least 4 members (excludes halogenated alkanes) is 27. The molecule has 0 aromatic carbocycles. The quantitative estimate of drug-likeness (QED) is 0.0263. The molecule has 0 fully saturated rings. The van der Waals surface area contributed by atoms with Gasteiger partial charge in [-0.15, -0.1) is 0 Å². The number of ether oxygens (including phenoxy) is 3. The van der Waals surface area contributed by atoms with Gasteiger partial charge in [0.25, 0.3) is 0 Å². The third kappa shape index (κ3) is 46.2. The minimum atomic E-state index is -0.792. The normalized spacial score (nSPS) is 12.5. The SMILES string of the molecule is CC\C=C/C=C\C=C/CCCCCCCC(=O)OC(COC(=O)CCCCC/C=C\C=C/CCCC)COC(=O)CCCCCCCCCCCCCCCCCCCC. The molecule has 6 heteroatoms. The Balaban J connectivity index is 4.36. The van der Waals surface area contributed by atoms with Crippen LogP contribution in [0.1, 0.15) is 245 Å². The maximum absolute atomic E-state index is 12.7. The van der Waals surface area contributed by atoms with E-state index in [-0.39, 0.29) is 31.1 Å². The van der Waals surface area contributed by atoms with E-state index in [1.807, 2.05) is 0 Å². The van der Waals surface area contributed by atoms with Gasteiger partial charge in [0.1, 0.15) is 13.2 Å². The predicted molar refractivity (Wildman–Crippen MR) is 256 cm³/mol. The molecule has 0 heterocycles. The van der Waals surface area contributed by atoms with Gasteiger partial charge in [-0.25, -0.2) is 0 Å². The van der Waals surface area contributed by atoms with Crippen LogP contribution in [0.5, 0.6) is 0 Å². The third-order valence-electron chi connectivity index (χ3n) is 10.8. The van der Waals surface area contributed by atoms with Crippen LogP contribution < -0.4 is 0 Å². The second-order valence-corrected chi connectivity index (χ2v) is 16.8. The summed E-state index contributed by atoms with van der Waals surface area (Å²) >= 11 is 0. The zero-order valence-electron chi connectivity index (χ0n) is 39.5. The lowest BCUT2D eigenvalue weighted by Crippen LogP contribution is -2.30. The third-order valence-corrected chi connectivity index (χ3v) is 10.8. The van der Waals surface area contributed by atoms with Crippen molar-refractivity contribution in [2.75, 3.05) is 13.2 Å². The van der Waals surface area contributed by atoms with Crippen molar-refractivity contribution in [3.05, 3.63) is 60.8 Å². The largest absolute Gasteiger partial charge is 0.462 e. The first-order chi connectivity index (χ1) is 29.5. The van der Waals surface area contributed by atoms with Crippen molar-refractivity contribution in [2.24, 2.45) is 0 Å². The van der Waals surface area contributed by atoms with E-state index in [2.05, 4.69) is 81.5 Å². The summed E-state index contributed by atoms with van der Waals surface area (Å²) in [7, 11) is 0. The number of rotatable bonds is 45. The van der Waals surface area contributed by atoms with Gasteiger partial charge in [-0.2, -0.15) is 0 Å². The van der Waals surface area contributed by atoms with Gasteiger partial charge in [0, 0.05) is 19.3 Å². The number of esters is 3. The zero-order valence-corrected chi connectivity index (χ0v) is 39.5. The zero-order chi connectivity index (χ0) is 43.7. The molecule has 0 aliphatic rings. The van der Waals surface area contributed by atoms with Gasteiger partial charge >= 0.3 is 17.9 Å². The summed E-state index contributed by atoms with van der Waals surface area (Å²) in [6, 6.07) is 0. The molecule has 0 aliphatic carbocycles. The molecule has 0 amide bonds. The average Bonchev–Trinajstić information content (AvgIpc) is 3.24. The van der Waals surface area contributed by atoms with Crippen molar-refractivity contribution >= 4 is 17.9 Å². The molecule has 0 radical (unpaired) electrons. The van der Waals surface area contributed by atoms with Gasteiger partial charge in [0.05, 0.1) is 0 Å². The number of carbonyl (C=O) groups is 3. The summed E-state index contributed by atoms with van der Waals surface area (Å²) in [6.45, 7) is 6.42. The molecule has 0 spiro atoms. The monoisotopic (exact) mass is 839 g/mol. The first kappa shape index (κ1) is 57.1. The summed E-state index contributed by atoms with van der Waals surface area (Å²) in [4.78, 5) is 37.9. The lowest BCUT2D eigenvalue weighted by atomic mass is 10.0. The molecule has 1 unspecified atom stereocenters. The summed E-state index contributed by atoms with van der Waals surface area (Å²) in [5, 5.41) is 0. The van der Waals surface area contributed by atoms with Crippen molar-refractivity contribution in [3.63, 3.8) is 0 Å². The smallest absolute Gasteiger partial charge is 0.306 e. The number of allylic oxidation sites excluding steroid dienone is 10. The van der Waals surface area contributed by atoms with Crippen molar-refractivity contribution in [1.82, 2.24) is 0 Å². The minimum Gasteiger partial charge on any atom is -0.462 e. The molecule has 0 bridgehead atoms. The van der Waals surface area contributed by atoms with E-state index in [1.54, 1.807) is 0 Å². The second-order valence-electron chi connectivity index (χ2n) is 16.8. The van der Waals surface area contributed by atoms with Gasteiger partial charge in [0.15, 0.2) is 6.10 Å². The molecule has 0 aromatic heterocycles. The van der Waals surface area contributed by atoms with Crippen molar-refractivity contribution in [3.8, 4) is 0 Å². The van der Waals surface area contributed by atoms with Crippen LogP contribution in [0.2, 0.25) is 0 Å². The number of carbonyl (C=O) groups excluding carboxylic acids is 3. The molecule has 0 aromatic rings. The molecular weight excluding hydrogens is 745 g/mol. The fourth-order valence-corrected chi connectivity index (χ4v) is 7.01. The van der Waals surface area contributed by atoms with Gasteiger partial charge in [-0.1, -0.05) is 229 Å². The maximum atomic E-state index is 12.7. The van der Waals surface area contributed by atoms with E-state index in [0.29, 0.717) is 19.3 Å². The summed E-state index contributed by atoms with van der Waals surface area (Å²) in [5.41, 5.74) is 0. The predicted octanol–water partition coefficient (Wildman–Crippen LogP) is 16.5. The minimum absolute atomic E-state index is 0.0896. The molecule has 0 saturated carbocycles. The van der Waals surface area contributed by atoms with Crippen LogP contribution in [0.25, 0.3) is 0 Å². The van der Waals surface area contributed by atoms with Gasteiger partial charge in [0.2, 0.25) is 0 Å². The van der Waals surface area contributed by atoms with Crippen LogP contribution in [-0.4, -0.2) is 37.2 Å². The maximum Gasteiger partial charge on any atom is 0.306 e. The number of hydrogen-bond donors (Lipinski definition) is 0.